The van der Waals surface area contributed by atoms with E-state index in [0.29, 0.717) is 5.70 Å². The molecule has 0 heterocycles. The van der Waals surface area contributed by atoms with Crippen molar-refractivity contribution in [2.75, 3.05) is 14.1 Å². The first-order valence-electron chi connectivity index (χ1n) is 4.92. The zero-order valence-corrected chi connectivity index (χ0v) is 9.59. The molecule has 0 fully saturated rings. The van der Waals surface area contributed by atoms with Crippen molar-refractivity contribution in [3.05, 3.63) is 11.5 Å². The van der Waals surface area contributed by atoms with E-state index in [1.807, 2.05) is 20.8 Å². The van der Waals surface area contributed by atoms with E-state index < -0.39 is 0 Å². The van der Waals surface area contributed by atoms with Crippen LogP contribution in [0.4, 0.5) is 0 Å². The summed E-state index contributed by atoms with van der Waals surface area (Å²) in [5.74, 6) is 0.345. The van der Waals surface area contributed by atoms with Crippen LogP contribution in [0.2, 0.25) is 0 Å². The second-order valence-corrected chi connectivity index (χ2v) is 4.95. The van der Waals surface area contributed by atoms with Crippen LogP contribution in [0.5, 0.6) is 0 Å². The normalized spacial score (nSPS) is 26.6. The SMILES string of the molecule is CC1CC(C)(C)C(=O)C(N(C)C)=C1O. The number of aliphatic hydroxyl groups is 1. The number of hydrogen-bond donors (Lipinski definition) is 1. The molecule has 0 aromatic rings. The average molecular weight is 197 g/mol. The fourth-order valence-electron chi connectivity index (χ4n) is 2.06. The van der Waals surface area contributed by atoms with E-state index in [0.717, 1.165) is 6.42 Å². The first-order chi connectivity index (χ1) is 6.27. The smallest absolute Gasteiger partial charge is 0.187 e. The Morgan fingerprint density at radius 3 is 2.36 bits per heavy atom. The van der Waals surface area contributed by atoms with Crippen LogP contribution in [-0.2, 0) is 4.79 Å². The number of aliphatic hydroxyl groups excluding tert-OH is 1. The van der Waals surface area contributed by atoms with E-state index in [2.05, 4.69) is 0 Å². The molecule has 3 heteroatoms. The summed E-state index contributed by atoms with van der Waals surface area (Å²) < 4.78 is 0. The monoisotopic (exact) mass is 197 g/mol. The zero-order chi connectivity index (χ0) is 11.1. The predicted octanol–water partition coefficient (Wildman–Crippen LogP) is 1.95. The van der Waals surface area contributed by atoms with Crippen molar-refractivity contribution in [2.45, 2.75) is 27.2 Å². The summed E-state index contributed by atoms with van der Waals surface area (Å²) >= 11 is 0. The Kier molecular flexibility index (Phi) is 2.61. The van der Waals surface area contributed by atoms with E-state index in [9.17, 15) is 9.90 Å². The molecule has 0 aliphatic heterocycles. The molecule has 0 amide bonds. The molecular weight excluding hydrogens is 178 g/mol. The Morgan fingerprint density at radius 2 is 1.93 bits per heavy atom. The van der Waals surface area contributed by atoms with E-state index in [1.54, 1.807) is 19.0 Å². The Labute approximate surface area is 85.4 Å². The first kappa shape index (κ1) is 11.1. The molecule has 1 aliphatic carbocycles. The van der Waals surface area contributed by atoms with Gasteiger partial charge in [-0.1, -0.05) is 20.8 Å². The van der Waals surface area contributed by atoms with Gasteiger partial charge in [0.15, 0.2) is 5.78 Å². The van der Waals surface area contributed by atoms with Crippen molar-refractivity contribution < 1.29 is 9.90 Å². The lowest BCUT2D eigenvalue weighted by atomic mass is 9.73. The van der Waals surface area contributed by atoms with Crippen molar-refractivity contribution in [2.24, 2.45) is 11.3 Å². The summed E-state index contributed by atoms with van der Waals surface area (Å²) in [5.41, 5.74) is 0.111. The minimum absolute atomic E-state index is 0.0399. The third-order valence-corrected chi connectivity index (χ3v) is 2.80. The van der Waals surface area contributed by atoms with Crippen molar-refractivity contribution in [1.82, 2.24) is 4.90 Å². The van der Waals surface area contributed by atoms with Crippen LogP contribution >= 0.6 is 0 Å². The molecule has 1 rings (SSSR count). The van der Waals surface area contributed by atoms with Gasteiger partial charge in [-0.3, -0.25) is 4.79 Å². The zero-order valence-electron chi connectivity index (χ0n) is 9.59. The topological polar surface area (TPSA) is 40.5 Å². The lowest BCUT2D eigenvalue weighted by molar-refractivity contribution is -0.127. The Hall–Kier alpha value is -0.990. The van der Waals surface area contributed by atoms with Crippen LogP contribution in [0.1, 0.15) is 27.2 Å². The molecule has 0 radical (unpaired) electrons. The lowest BCUT2D eigenvalue weighted by Crippen LogP contribution is -2.39. The molecule has 80 valence electrons. The largest absolute Gasteiger partial charge is 0.510 e. The summed E-state index contributed by atoms with van der Waals surface area (Å²) in [7, 11) is 3.58. The van der Waals surface area contributed by atoms with Crippen LogP contribution in [-0.4, -0.2) is 29.9 Å². The highest BCUT2D eigenvalue weighted by Gasteiger charge is 2.40. The van der Waals surface area contributed by atoms with Gasteiger partial charge >= 0.3 is 0 Å². The summed E-state index contributed by atoms with van der Waals surface area (Å²) in [6.45, 7) is 5.82. The Balaban J connectivity index is 3.20. The quantitative estimate of drug-likeness (QED) is 0.698. The minimum atomic E-state index is -0.356. The van der Waals surface area contributed by atoms with Gasteiger partial charge in [-0.25, -0.2) is 0 Å². The minimum Gasteiger partial charge on any atom is -0.510 e. The number of likely N-dealkylation sites (N-methyl/N-ethyl adjacent to an activating group) is 1. The number of nitrogens with zero attached hydrogens (tertiary/aromatic N) is 1. The van der Waals surface area contributed by atoms with Gasteiger partial charge in [-0.05, 0) is 6.42 Å². The van der Waals surface area contributed by atoms with Gasteiger partial charge in [-0.15, -0.1) is 0 Å². The summed E-state index contributed by atoms with van der Waals surface area (Å²) in [4.78, 5) is 13.7. The first-order valence-corrected chi connectivity index (χ1v) is 4.92. The molecule has 1 N–H and O–H groups in total. The molecule has 0 bridgehead atoms. The summed E-state index contributed by atoms with van der Waals surface area (Å²) in [6, 6.07) is 0. The fraction of sp³-hybridized carbons (Fsp3) is 0.727. The molecule has 3 nitrogen and oxygen atoms in total. The highest BCUT2D eigenvalue weighted by Crippen LogP contribution is 2.38. The number of rotatable bonds is 1. The standard InChI is InChI=1S/C11H19NO2/c1-7-6-11(2,3)10(14)8(9(7)13)12(4)5/h7,13H,6H2,1-5H3. The van der Waals surface area contributed by atoms with Crippen molar-refractivity contribution in [1.29, 1.82) is 0 Å². The molecule has 14 heavy (non-hydrogen) atoms. The summed E-state index contributed by atoms with van der Waals surface area (Å²) in [5, 5.41) is 9.83. The number of allylic oxidation sites excluding steroid dienone is 2. The maximum absolute atomic E-state index is 12.0. The van der Waals surface area contributed by atoms with E-state index in [1.165, 1.54) is 0 Å². The number of carbonyl (C=O) groups is 1. The van der Waals surface area contributed by atoms with Gasteiger partial charge in [-0.2, -0.15) is 0 Å². The molecule has 0 aromatic heterocycles. The summed E-state index contributed by atoms with van der Waals surface area (Å²) in [6.07, 6.45) is 0.717. The van der Waals surface area contributed by atoms with E-state index in [4.69, 9.17) is 0 Å². The second-order valence-electron chi connectivity index (χ2n) is 4.95. The number of Topliss-reactive ketones (excluding diaryl/α,β-unsaturated/α-hetero) is 1. The third kappa shape index (κ3) is 1.63. The van der Waals surface area contributed by atoms with Gasteiger partial charge in [0.25, 0.3) is 0 Å². The molecular formula is C11H19NO2. The van der Waals surface area contributed by atoms with Crippen molar-refractivity contribution in [3.63, 3.8) is 0 Å². The maximum Gasteiger partial charge on any atom is 0.187 e. The fourth-order valence-corrected chi connectivity index (χ4v) is 2.06. The highest BCUT2D eigenvalue weighted by atomic mass is 16.3. The van der Waals surface area contributed by atoms with Gasteiger partial charge < -0.3 is 10.0 Å². The van der Waals surface area contributed by atoms with Gasteiger partial charge in [0.2, 0.25) is 0 Å². The molecule has 0 saturated heterocycles. The van der Waals surface area contributed by atoms with Crippen LogP contribution in [0.15, 0.2) is 11.5 Å². The van der Waals surface area contributed by atoms with Crippen molar-refractivity contribution >= 4 is 5.78 Å². The maximum atomic E-state index is 12.0. The highest BCUT2D eigenvalue weighted by molar-refractivity contribution is 6.00. The van der Waals surface area contributed by atoms with Crippen LogP contribution in [0.25, 0.3) is 0 Å². The average Bonchev–Trinajstić information content (AvgIpc) is 2.00. The van der Waals surface area contributed by atoms with Crippen molar-refractivity contribution in [3.8, 4) is 0 Å². The molecule has 1 atom stereocenters. The third-order valence-electron chi connectivity index (χ3n) is 2.80. The Bertz CT molecular complexity index is 290. The van der Waals surface area contributed by atoms with Crippen LogP contribution in [0.3, 0.4) is 0 Å². The number of hydrogen-bond acceptors (Lipinski definition) is 3. The Morgan fingerprint density at radius 1 is 1.43 bits per heavy atom. The molecule has 0 aromatic carbocycles. The van der Waals surface area contributed by atoms with Crippen LogP contribution in [0, 0.1) is 11.3 Å². The van der Waals surface area contributed by atoms with Gasteiger partial charge in [0.05, 0.1) is 0 Å². The van der Waals surface area contributed by atoms with E-state index in [-0.39, 0.29) is 22.9 Å². The second kappa shape index (κ2) is 3.30. The molecule has 0 saturated carbocycles. The lowest BCUT2D eigenvalue weighted by Gasteiger charge is -2.35. The molecule has 1 aliphatic rings. The van der Waals surface area contributed by atoms with Gasteiger partial charge in [0.1, 0.15) is 11.5 Å². The molecule has 0 spiro atoms. The molecule has 1 unspecified atom stereocenters. The number of ketones is 1. The predicted molar refractivity (Wildman–Crippen MR) is 55.9 cm³/mol. The van der Waals surface area contributed by atoms with E-state index >= 15 is 0 Å². The number of carbonyl (C=O) groups excluding carboxylic acids is 1. The van der Waals surface area contributed by atoms with Crippen LogP contribution < -0.4 is 0 Å². The van der Waals surface area contributed by atoms with Gasteiger partial charge in [0, 0.05) is 25.4 Å².